The Labute approximate surface area is 122 Å². The SMILES string of the molecule is O=C(NCC1(C(=O)O)CC1)c1ccc(-n2cccc2)cc1. The molecule has 0 saturated heterocycles. The molecule has 1 aromatic heterocycles. The maximum atomic E-state index is 12.0. The summed E-state index contributed by atoms with van der Waals surface area (Å²) in [5.41, 5.74) is 0.772. The molecule has 2 N–H and O–H groups in total. The molecule has 5 heteroatoms. The Kier molecular flexibility index (Phi) is 3.25. The van der Waals surface area contributed by atoms with Crippen molar-refractivity contribution in [1.29, 1.82) is 0 Å². The minimum atomic E-state index is -0.828. The summed E-state index contributed by atoms with van der Waals surface area (Å²) in [5.74, 6) is -1.06. The molecule has 5 nitrogen and oxygen atoms in total. The molecular weight excluding hydrogens is 268 g/mol. The van der Waals surface area contributed by atoms with Crippen LogP contribution in [0.1, 0.15) is 23.2 Å². The third kappa shape index (κ3) is 2.67. The molecule has 1 amide bonds. The van der Waals surface area contributed by atoms with Gasteiger partial charge in [-0.1, -0.05) is 0 Å². The molecule has 21 heavy (non-hydrogen) atoms. The molecule has 0 atom stereocenters. The van der Waals surface area contributed by atoms with Crippen LogP contribution in [0.2, 0.25) is 0 Å². The summed E-state index contributed by atoms with van der Waals surface area (Å²) in [6, 6.07) is 11.1. The first-order valence-corrected chi connectivity index (χ1v) is 6.86. The van der Waals surface area contributed by atoms with Crippen LogP contribution in [0.5, 0.6) is 0 Å². The second kappa shape index (κ2) is 5.09. The average molecular weight is 284 g/mol. The molecule has 3 rings (SSSR count). The van der Waals surface area contributed by atoms with E-state index in [1.807, 2.05) is 41.2 Å². The van der Waals surface area contributed by atoms with Crippen molar-refractivity contribution in [2.24, 2.45) is 5.41 Å². The first-order valence-electron chi connectivity index (χ1n) is 6.86. The van der Waals surface area contributed by atoms with Gasteiger partial charge in [-0.25, -0.2) is 0 Å². The average Bonchev–Trinajstić information content (AvgIpc) is 3.10. The Bertz CT molecular complexity index is 655. The van der Waals surface area contributed by atoms with E-state index in [2.05, 4.69) is 5.32 Å². The van der Waals surface area contributed by atoms with E-state index in [0.29, 0.717) is 18.4 Å². The number of carbonyl (C=O) groups is 2. The van der Waals surface area contributed by atoms with Crippen LogP contribution in [-0.4, -0.2) is 28.1 Å². The van der Waals surface area contributed by atoms with Crippen molar-refractivity contribution in [2.45, 2.75) is 12.8 Å². The summed E-state index contributed by atoms with van der Waals surface area (Å²) in [4.78, 5) is 23.1. The van der Waals surface area contributed by atoms with Crippen molar-refractivity contribution in [1.82, 2.24) is 9.88 Å². The van der Waals surface area contributed by atoms with Crippen molar-refractivity contribution in [3.05, 3.63) is 54.4 Å². The van der Waals surface area contributed by atoms with Gasteiger partial charge in [0.05, 0.1) is 5.41 Å². The summed E-state index contributed by atoms with van der Waals surface area (Å²) < 4.78 is 1.95. The van der Waals surface area contributed by atoms with Crippen LogP contribution in [0.3, 0.4) is 0 Å². The second-order valence-electron chi connectivity index (χ2n) is 5.41. The molecule has 1 aliphatic rings. The van der Waals surface area contributed by atoms with E-state index in [9.17, 15) is 9.59 Å². The van der Waals surface area contributed by atoms with Gasteiger partial charge >= 0.3 is 5.97 Å². The predicted octanol–water partition coefficient (Wildman–Crippen LogP) is 2.07. The molecule has 0 unspecified atom stereocenters. The number of carboxylic acids is 1. The van der Waals surface area contributed by atoms with Gasteiger partial charge in [0.25, 0.3) is 5.91 Å². The van der Waals surface area contributed by atoms with E-state index in [1.165, 1.54) is 0 Å². The van der Waals surface area contributed by atoms with E-state index >= 15 is 0 Å². The second-order valence-corrected chi connectivity index (χ2v) is 5.41. The van der Waals surface area contributed by atoms with Gasteiger partial charge in [0.15, 0.2) is 0 Å². The molecule has 0 bridgehead atoms. The highest BCUT2D eigenvalue weighted by molar-refractivity contribution is 5.94. The van der Waals surface area contributed by atoms with Crippen LogP contribution in [0.15, 0.2) is 48.8 Å². The van der Waals surface area contributed by atoms with Gasteiger partial charge < -0.3 is 15.0 Å². The van der Waals surface area contributed by atoms with Gasteiger partial charge in [-0.3, -0.25) is 9.59 Å². The van der Waals surface area contributed by atoms with Gasteiger partial charge in [-0.2, -0.15) is 0 Å². The molecule has 0 spiro atoms. The molecule has 0 radical (unpaired) electrons. The number of hydrogen-bond donors (Lipinski definition) is 2. The lowest BCUT2D eigenvalue weighted by molar-refractivity contribution is -0.143. The molecule has 1 aliphatic carbocycles. The van der Waals surface area contributed by atoms with Gasteiger partial charge in [-0.15, -0.1) is 0 Å². The lowest BCUT2D eigenvalue weighted by atomic mass is 10.1. The topological polar surface area (TPSA) is 71.3 Å². The lowest BCUT2D eigenvalue weighted by Crippen LogP contribution is -2.34. The van der Waals surface area contributed by atoms with E-state index in [0.717, 1.165) is 5.69 Å². The Morgan fingerprint density at radius 2 is 1.76 bits per heavy atom. The van der Waals surface area contributed by atoms with Crippen LogP contribution in [0.25, 0.3) is 5.69 Å². The minimum absolute atomic E-state index is 0.195. The molecular formula is C16H16N2O3. The van der Waals surface area contributed by atoms with Crippen LogP contribution in [0, 0.1) is 5.41 Å². The number of nitrogens with zero attached hydrogens (tertiary/aromatic N) is 1. The highest BCUT2D eigenvalue weighted by Crippen LogP contribution is 2.45. The largest absolute Gasteiger partial charge is 0.481 e. The minimum Gasteiger partial charge on any atom is -0.481 e. The summed E-state index contributed by atoms with van der Waals surface area (Å²) in [6.07, 6.45) is 5.13. The van der Waals surface area contributed by atoms with E-state index < -0.39 is 11.4 Å². The summed E-state index contributed by atoms with van der Waals surface area (Å²) in [6.45, 7) is 0.195. The zero-order chi connectivity index (χ0) is 14.9. The highest BCUT2D eigenvalue weighted by Gasteiger charge is 2.50. The van der Waals surface area contributed by atoms with Gasteiger partial charge in [0.1, 0.15) is 0 Å². The molecule has 0 aliphatic heterocycles. The number of carboxylic acid groups (broad SMARTS) is 1. The third-order valence-electron chi connectivity index (χ3n) is 3.93. The zero-order valence-corrected chi connectivity index (χ0v) is 11.5. The summed E-state index contributed by atoms with van der Waals surface area (Å²) in [5, 5.41) is 11.8. The van der Waals surface area contributed by atoms with Crippen molar-refractivity contribution in [3.8, 4) is 5.69 Å². The molecule has 2 aromatic rings. The number of rotatable bonds is 5. The number of nitrogens with one attached hydrogen (secondary N) is 1. The van der Waals surface area contributed by atoms with Crippen LogP contribution in [0.4, 0.5) is 0 Å². The van der Waals surface area contributed by atoms with E-state index in [-0.39, 0.29) is 12.5 Å². The fourth-order valence-electron chi connectivity index (χ4n) is 2.26. The van der Waals surface area contributed by atoms with E-state index in [4.69, 9.17) is 5.11 Å². The number of aliphatic carboxylic acids is 1. The molecule has 1 fully saturated rings. The first kappa shape index (κ1) is 13.4. The van der Waals surface area contributed by atoms with E-state index in [1.54, 1.807) is 12.1 Å². The maximum absolute atomic E-state index is 12.0. The fourth-order valence-corrected chi connectivity index (χ4v) is 2.26. The van der Waals surface area contributed by atoms with Crippen LogP contribution < -0.4 is 5.32 Å². The number of benzene rings is 1. The Balaban J connectivity index is 1.64. The highest BCUT2D eigenvalue weighted by atomic mass is 16.4. The number of hydrogen-bond acceptors (Lipinski definition) is 2. The predicted molar refractivity (Wildman–Crippen MR) is 77.4 cm³/mol. The molecule has 1 heterocycles. The standard InChI is InChI=1S/C16H16N2O3/c19-14(17-11-16(7-8-16)15(20)21)12-3-5-13(6-4-12)18-9-1-2-10-18/h1-6,9-10H,7-8,11H2,(H,17,19)(H,20,21). The van der Waals surface area contributed by atoms with Gasteiger partial charge in [0, 0.05) is 30.2 Å². The molecule has 1 aromatic carbocycles. The number of amides is 1. The number of aromatic nitrogens is 1. The fraction of sp³-hybridized carbons (Fsp3) is 0.250. The normalized spacial score (nSPS) is 15.4. The molecule has 1 saturated carbocycles. The smallest absolute Gasteiger partial charge is 0.311 e. The Morgan fingerprint density at radius 3 is 2.29 bits per heavy atom. The van der Waals surface area contributed by atoms with Crippen molar-refractivity contribution in [2.75, 3.05) is 6.54 Å². The van der Waals surface area contributed by atoms with Crippen LogP contribution in [-0.2, 0) is 4.79 Å². The lowest BCUT2D eigenvalue weighted by Gasteiger charge is -2.11. The summed E-state index contributed by atoms with van der Waals surface area (Å²) >= 11 is 0. The number of carbonyl (C=O) groups excluding carboxylic acids is 1. The maximum Gasteiger partial charge on any atom is 0.311 e. The molecule has 108 valence electrons. The third-order valence-corrected chi connectivity index (χ3v) is 3.93. The Hall–Kier alpha value is -2.56. The summed E-state index contributed by atoms with van der Waals surface area (Å²) in [7, 11) is 0. The zero-order valence-electron chi connectivity index (χ0n) is 11.5. The van der Waals surface area contributed by atoms with Gasteiger partial charge in [-0.05, 0) is 49.2 Å². The quantitative estimate of drug-likeness (QED) is 0.883. The Morgan fingerprint density at radius 1 is 1.14 bits per heavy atom. The monoisotopic (exact) mass is 284 g/mol. The van der Waals surface area contributed by atoms with Crippen molar-refractivity contribution < 1.29 is 14.7 Å². The van der Waals surface area contributed by atoms with Gasteiger partial charge in [0.2, 0.25) is 0 Å². The first-order chi connectivity index (χ1) is 10.1. The van der Waals surface area contributed by atoms with Crippen molar-refractivity contribution >= 4 is 11.9 Å². The van der Waals surface area contributed by atoms with Crippen LogP contribution >= 0.6 is 0 Å². The van der Waals surface area contributed by atoms with Crippen molar-refractivity contribution in [3.63, 3.8) is 0 Å².